The van der Waals surface area contributed by atoms with Gasteiger partial charge in [0.15, 0.2) is 96.9 Å². The number of fused-ring (bicyclic) bond motifs is 3. The molecule has 8 heterocycles. The third kappa shape index (κ3) is 22.6. The highest BCUT2D eigenvalue weighted by atomic mass is 32.2. The molecular weight excluding hydrogens is 1920 g/mol. The second-order valence-electron chi connectivity index (χ2n) is 35.8. The van der Waals surface area contributed by atoms with Gasteiger partial charge in [0.1, 0.15) is 58.8 Å². The second-order valence-corrected chi connectivity index (χ2v) is 47.5. The van der Waals surface area contributed by atoms with Crippen LogP contribution in [0.15, 0.2) is 368 Å². The predicted octanol–water partition coefficient (Wildman–Crippen LogP) is 18.4. The highest BCUT2D eigenvalue weighted by Crippen LogP contribution is 2.56. The number of cyclic esters (lactones) is 1. The molecule has 30 heteroatoms. The number of rotatable bonds is 29. The van der Waals surface area contributed by atoms with Crippen molar-refractivity contribution < 1.29 is 111 Å². The Morgan fingerprint density at radius 2 is 0.775 bits per heavy atom. The highest BCUT2D eigenvalue weighted by molar-refractivity contribution is 8.01. The summed E-state index contributed by atoms with van der Waals surface area (Å²) < 4.78 is 125. The van der Waals surface area contributed by atoms with Gasteiger partial charge in [-0.05, 0) is 230 Å². The van der Waals surface area contributed by atoms with E-state index < -0.39 is 110 Å². The molecule has 2 saturated carbocycles. The van der Waals surface area contributed by atoms with Crippen LogP contribution in [-0.2, 0) is 144 Å². The molecule has 16 unspecified atom stereocenters. The number of benzene rings is 11. The van der Waals surface area contributed by atoms with E-state index in [-0.39, 0.29) is 112 Å². The lowest BCUT2D eigenvalue weighted by Crippen LogP contribution is -2.42. The zero-order valence-electron chi connectivity index (χ0n) is 79.8. The third-order valence-electron chi connectivity index (χ3n) is 26.3. The standard InChI is InChI=1S/C29H29O6S2.C29H27O6S.C28H27O7S2.C21H23OS.C5H6O4/c1-18-13-23(36(21-9-5-3-6-10-21)22-11-7-4-8-12-22)14-19(2)27(18)33-17-26(30)34-28-20-15-24-25(16-20)37(31,32)35-29(24)28;1-17-13-21(36(19-9-5-3-6-10-19)20-11-7-4-8-12-20)14-18(2)25(17)32-16-24(30)34-27-23-15-22-26(33-23)28(27)35-29(22)31;1-17-13-21(36(19-9-5-3-6-10-19)20-11-7-4-8-12-20)14-18(2)25(17)32-16-24(29)34-26-22-15-23-27(33-22)28(26)35-37(23,30)31;1-5-21(22-4)17(2)16-18(3)23(19-12-8-6-9-13-19)20-14-10-7-11-15-20;6-3-9-4-1-2-8-5(4)7/h3-14,20,24-25,28-29H,15-17H2,1-2H3;3-14,22-23,26-28H,15-16H2,1-2H3;3-14,22-23,26-28H,15-16H2,1-2H3;5-16H,3H2,1-2,4H3;3-4H,1-2H2/q4*+1;/b;;;17-16-,21-5-;. The number of carbonyl (C=O) groups excluding carboxylic acids is 6. The van der Waals surface area contributed by atoms with Crippen LogP contribution in [0.2, 0.25) is 0 Å². The Labute approximate surface area is 839 Å². The van der Waals surface area contributed by atoms with E-state index in [4.69, 9.17) is 55.7 Å². The van der Waals surface area contributed by atoms with E-state index in [0.29, 0.717) is 43.1 Å². The lowest BCUT2D eigenvalue weighted by molar-refractivity contribution is -0.162. The molecule has 0 N–H and O–H groups in total. The Hall–Kier alpha value is -12.2. The summed E-state index contributed by atoms with van der Waals surface area (Å²) in [5.41, 5.74) is 6.73. The van der Waals surface area contributed by atoms with E-state index in [1.165, 1.54) is 49.0 Å². The largest absolute Gasteiger partial charge is 0.497 e. The van der Waals surface area contributed by atoms with Crippen LogP contribution in [0, 0.1) is 59.3 Å². The van der Waals surface area contributed by atoms with Gasteiger partial charge in [-0.3, -0.25) is 18.0 Å². The van der Waals surface area contributed by atoms with Gasteiger partial charge in [-0.15, -0.1) is 0 Å². The van der Waals surface area contributed by atoms with Gasteiger partial charge in [-0.25, -0.2) is 19.2 Å². The fourth-order valence-corrected chi connectivity index (χ4v) is 32.5. The van der Waals surface area contributed by atoms with Gasteiger partial charge >= 0.3 is 29.8 Å². The van der Waals surface area contributed by atoms with Crippen LogP contribution in [0.4, 0.5) is 0 Å². The van der Waals surface area contributed by atoms with E-state index in [9.17, 15) is 45.6 Å². The van der Waals surface area contributed by atoms with Crippen molar-refractivity contribution in [2.75, 3.05) is 33.5 Å². The van der Waals surface area contributed by atoms with E-state index in [2.05, 4.69) is 260 Å². The van der Waals surface area contributed by atoms with Crippen molar-refractivity contribution in [1.82, 2.24) is 0 Å². The fourth-order valence-electron chi connectivity index (χ4n) is 20.2. The zero-order chi connectivity index (χ0) is 99.6. The van der Waals surface area contributed by atoms with Gasteiger partial charge in [0, 0.05) is 60.7 Å². The number of aryl methyl sites for hydroxylation is 6. The molecular formula is C112H112O24S6+4. The number of ether oxygens (including phenoxy) is 12. The maximum Gasteiger partial charge on any atom is 0.347 e. The molecule has 24 nitrogen and oxygen atoms in total. The summed E-state index contributed by atoms with van der Waals surface area (Å²) in [6.45, 7) is 20.2. The Balaban J connectivity index is 0.000000128. The van der Waals surface area contributed by atoms with E-state index in [1.54, 1.807) is 7.11 Å². The van der Waals surface area contributed by atoms with Crippen LogP contribution in [-0.4, -0.2) is 164 Å². The Morgan fingerprint density at radius 1 is 0.423 bits per heavy atom. The first-order chi connectivity index (χ1) is 68.6. The molecule has 736 valence electrons. The van der Waals surface area contributed by atoms with Crippen molar-refractivity contribution >= 4 is 100 Å². The lowest BCUT2D eigenvalue weighted by atomic mass is 9.88. The van der Waals surface area contributed by atoms with Crippen molar-refractivity contribution in [2.45, 2.75) is 219 Å². The molecule has 0 amide bonds. The zero-order valence-corrected chi connectivity index (χ0v) is 84.7. The van der Waals surface area contributed by atoms with Gasteiger partial charge in [0.05, 0.1) is 80.7 Å². The first-order valence-electron chi connectivity index (χ1n) is 47.0. The monoisotopic (exact) mass is 2030 g/mol. The molecule has 11 aromatic carbocycles. The smallest absolute Gasteiger partial charge is 0.347 e. The maximum atomic E-state index is 12.7. The Bertz CT molecular complexity index is 6240. The average molecular weight is 2030 g/mol. The number of hydrogen-bond acceptors (Lipinski definition) is 24. The predicted molar refractivity (Wildman–Crippen MR) is 537 cm³/mol. The van der Waals surface area contributed by atoms with E-state index >= 15 is 0 Å². The minimum atomic E-state index is -3.66. The molecule has 8 aliphatic heterocycles. The Morgan fingerprint density at radius 3 is 1.14 bits per heavy atom. The van der Waals surface area contributed by atoms with Crippen molar-refractivity contribution in [2.24, 2.45) is 17.8 Å². The molecule has 2 aliphatic carbocycles. The van der Waals surface area contributed by atoms with Crippen LogP contribution in [0.5, 0.6) is 17.2 Å². The molecule has 10 fully saturated rings. The van der Waals surface area contributed by atoms with Crippen molar-refractivity contribution in [1.29, 1.82) is 0 Å². The molecule has 16 atom stereocenters. The van der Waals surface area contributed by atoms with Crippen LogP contribution in [0.3, 0.4) is 0 Å². The molecule has 0 radical (unpaired) electrons. The molecule has 142 heavy (non-hydrogen) atoms. The second kappa shape index (κ2) is 45.2. The number of hydrogen-bond donors (Lipinski definition) is 0. The minimum absolute atomic E-state index is 0.0397. The molecule has 6 bridgehead atoms. The summed E-state index contributed by atoms with van der Waals surface area (Å²) in [5, 5.41) is -1.09. The summed E-state index contributed by atoms with van der Waals surface area (Å²) in [6, 6.07) is 96.4. The van der Waals surface area contributed by atoms with Crippen LogP contribution in [0.1, 0.15) is 79.3 Å². The number of esters is 5. The van der Waals surface area contributed by atoms with Crippen molar-refractivity contribution in [3.05, 3.63) is 347 Å². The van der Waals surface area contributed by atoms with Crippen LogP contribution >= 0.6 is 0 Å². The van der Waals surface area contributed by atoms with Gasteiger partial charge in [0.25, 0.3) is 26.7 Å². The molecule has 8 saturated heterocycles. The fraction of sp³-hybridized carbons (Fsp3) is 0.304. The van der Waals surface area contributed by atoms with Crippen molar-refractivity contribution in [3.63, 3.8) is 0 Å². The first-order valence-corrected chi connectivity index (χ1v) is 54.9. The Kier molecular flexibility index (Phi) is 32.2. The summed E-state index contributed by atoms with van der Waals surface area (Å²) in [6.07, 6.45) is 0.786. The topological polar surface area (TPSA) is 300 Å². The van der Waals surface area contributed by atoms with Gasteiger partial charge < -0.3 is 56.8 Å². The quantitative estimate of drug-likeness (QED) is 0.00800. The maximum absolute atomic E-state index is 12.7. The van der Waals surface area contributed by atoms with Gasteiger partial charge in [0.2, 0.25) is 6.10 Å². The molecule has 0 aromatic heterocycles. The molecule has 11 aromatic rings. The van der Waals surface area contributed by atoms with Gasteiger partial charge in [-0.1, -0.05) is 146 Å². The molecule has 21 rings (SSSR count). The minimum Gasteiger partial charge on any atom is -0.497 e. The number of allylic oxidation sites excluding steroid dienone is 3. The first kappa shape index (κ1) is 101. The molecule has 10 aliphatic rings. The third-order valence-corrected chi connectivity index (χ3v) is 38.4. The summed E-state index contributed by atoms with van der Waals surface area (Å²) in [7, 11) is -6.54. The van der Waals surface area contributed by atoms with Crippen LogP contribution in [0.25, 0.3) is 0 Å². The summed E-state index contributed by atoms with van der Waals surface area (Å²) >= 11 is 0. The van der Waals surface area contributed by atoms with Crippen LogP contribution < -0.4 is 14.2 Å². The van der Waals surface area contributed by atoms with E-state index in [0.717, 1.165) is 60.9 Å². The summed E-state index contributed by atoms with van der Waals surface area (Å²) in [4.78, 5) is 84.5. The van der Waals surface area contributed by atoms with Crippen molar-refractivity contribution in [3.8, 4) is 17.2 Å². The lowest BCUT2D eigenvalue weighted by Gasteiger charge is -2.25. The number of methoxy groups -OCH3 is 1. The number of carbonyl (C=O) groups is 6. The van der Waals surface area contributed by atoms with E-state index in [1.807, 2.05) is 103 Å². The summed E-state index contributed by atoms with van der Waals surface area (Å²) in [5.74, 6) is 0.353. The normalized spacial score (nSPS) is 24.2. The highest BCUT2D eigenvalue weighted by Gasteiger charge is 2.69. The average Bonchev–Trinajstić information content (AvgIpc) is 1.56. The SMILES string of the molecule is C=C(/C=C(C)\C(=C\C)OC)[S+](c1ccccc1)c1ccccc1.Cc1cc([S+](c2ccccc2)c2ccccc2)cc(C)c1OCC(=O)OC1C2CC3C(=O)OC1C3O2.Cc1cc([S+](c2ccccc2)c2ccccc2)cc(C)c1OCC(=O)OC1C2CC3C(O2)C1OS3(=O)=O.Cc1cc([S+](c2ccccc2)c2ccccc2)cc(C)c1OCC(=O)OC1C2CC3C1OS(=O)(=O)C3C2.O=COC1CCOC1=O. The van der Waals surface area contributed by atoms with Gasteiger partial charge in [-0.2, -0.15) is 16.8 Å². The molecule has 0 spiro atoms.